The third-order valence-electron chi connectivity index (χ3n) is 5.77. The zero-order valence-electron chi connectivity index (χ0n) is 21.0. The molecule has 1 heterocycles. The van der Waals surface area contributed by atoms with Crippen LogP contribution in [0.5, 0.6) is 5.75 Å². The number of nitrogens with one attached hydrogen (secondary N) is 2. The molecule has 0 bridgehead atoms. The number of methoxy groups -OCH3 is 1. The fraction of sp³-hybridized carbons (Fsp3) is 0.407. The monoisotopic (exact) mass is 529 g/mol. The van der Waals surface area contributed by atoms with Crippen LogP contribution >= 0.6 is 11.3 Å². The molecule has 0 radical (unpaired) electrons. The number of sulfonamides is 1. The average Bonchev–Trinajstić information content (AvgIpc) is 3.34. The molecule has 0 aliphatic heterocycles. The number of aromatic nitrogens is 1. The molecule has 3 rings (SSSR count). The summed E-state index contributed by atoms with van der Waals surface area (Å²) in [7, 11) is -1.72. The van der Waals surface area contributed by atoms with Gasteiger partial charge < -0.3 is 10.1 Å². The number of benzene rings is 2. The molecule has 0 unspecified atom stereocenters. The lowest BCUT2D eigenvalue weighted by Gasteiger charge is -2.09. The minimum atomic E-state index is -3.35. The van der Waals surface area contributed by atoms with Gasteiger partial charge >= 0.3 is 0 Å². The number of thiazole rings is 1. The number of rotatable bonds is 15. The quantitative estimate of drug-likeness (QED) is 0.219. The maximum absolute atomic E-state index is 12.4. The number of anilines is 2. The van der Waals surface area contributed by atoms with Gasteiger partial charge in [0.1, 0.15) is 5.75 Å². The van der Waals surface area contributed by atoms with Gasteiger partial charge in [-0.15, -0.1) is 11.3 Å². The second-order valence-electron chi connectivity index (χ2n) is 8.70. The van der Waals surface area contributed by atoms with Crippen LogP contribution in [-0.4, -0.2) is 32.2 Å². The molecule has 0 atom stereocenters. The summed E-state index contributed by atoms with van der Waals surface area (Å²) < 4.78 is 32.4. The summed E-state index contributed by atoms with van der Waals surface area (Å²) in [6.07, 6.45) is 7.09. The summed E-state index contributed by atoms with van der Waals surface area (Å²) in [4.78, 5) is 16.9. The van der Waals surface area contributed by atoms with Crippen LogP contribution in [-0.2, 0) is 21.2 Å². The van der Waals surface area contributed by atoms with Crippen molar-refractivity contribution in [2.75, 3.05) is 22.9 Å². The Morgan fingerprint density at radius 1 is 0.972 bits per heavy atom. The van der Waals surface area contributed by atoms with Crippen molar-refractivity contribution < 1.29 is 17.9 Å². The lowest BCUT2D eigenvalue weighted by atomic mass is 10.1. The first-order valence-corrected chi connectivity index (χ1v) is 14.9. The van der Waals surface area contributed by atoms with Crippen LogP contribution in [0, 0.1) is 0 Å². The number of carbonyl (C=O) groups is 1. The predicted molar refractivity (Wildman–Crippen MR) is 148 cm³/mol. The zero-order chi connectivity index (χ0) is 25.8. The van der Waals surface area contributed by atoms with E-state index in [0.717, 1.165) is 41.8 Å². The topological polar surface area (TPSA) is 97.4 Å². The van der Waals surface area contributed by atoms with Gasteiger partial charge in [-0.1, -0.05) is 51.2 Å². The molecule has 3 aromatic rings. The van der Waals surface area contributed by atoms with Gasteiger partial charge in [0.2, 0.25) is 15.9 Å². The minimum Gasteiger partial charge on any atom is -0.497 e. The van der Waals surface area contributed by atoms with Crippen molar-refractivity contribution >= 4 is 38.1 Å². The molecule has 0 spiro atoms. The normalized spacial score (nSPS) is 11.3. The number of ether oxygens (including phenoxy) is 1. The number of carbonyl (C=O) groups excluding carboxylic acids is 1. The summed E-state index contributed by atoms with van der Waals surface area (Å²) in [6.45, 7) is 2.16. The Morgan fingerprint density at radius 2 is 1.67 bits per heavy atom. The Labute approximate surface area is 218 Å². The molecule has 194 valence electrons. The highest BCUT2D eigenvalue weighted by Crippen LogP contribution is 2.26. The summed E-state index contributed by atoms with van der Waals surface area (Å²) >= 11 is 1.38. The number of hydrogen-bond donors (Lipinski definition) is 2. The Kier molecular flexibility index (Phi) is 10.8. The maximum Gasteiger partial charge on any atom is 0.232 e. The van der Waals surface area contributed by atoms with E-state index in [0.29, 0.717) is 30.1 Å². The summed E-state index contributed by atoms with van der Waals surface area (Å²) in [5.74, 6) is 0.799. The first-order valence-electron chi connectivity index (χ1n) is 12.4. The number of nitrogens with zero attached hydrogens (tertiary/aromatic N) is 1. The van der Waals surface area contributed by atoms with E-state index in [4.69, 9.17) is 4.74 Å². The van der Waals surface area contributed by atoms with Crippen molar-refractivity contribution in [2.45, 2.75) is 58.3 Å². The second-order valence-corrected chi connectivity index (χ2v) is 11.4. The SMILES string of the molecule is CCCCCCCCS(=O)(=O)Nc1ccc(CCC(=O)Nc2nc(-c3ccc(OC)cc3)cs2)cc1. The van der Waals surface area contributed by atoms with Crippen molar-refractivity contribution in [2.24, 2.45) is 0 Å². The van der Waals surface area contributed by atoms with E-state index in [1.54, 1.807) is 19.2 Å². The van der Waals surface area contributed by atoms with Gasteiger partial charge in [-0.05, 0) is 54.8 Å². The van der Waals surface area contributed by atoms with Crippen LogP contribution in [0.4, 0.5) is 10.8 Å². The van der Waals surface area contributed by atoms with Crippen molar-refractivity contribution in [3.05, 3.63) is 59.5 Å². The van der Waals surface area contributed by atoms with E-state index in [1.165, 1.54) is 24.2 Å². The smallest absolute Gasteiger partial charge is 0.232 e. The van der Waals surface area contributed by atoms with Gasteiger partial charge in [0.25, 0.3) is 0 Å². The molecule has 1 amide bonds. The lowest BCUT2D eigenvalue weighted by Crippen LogP contribution is -2.16. The van der Waals surface area contributed by atoms with Crippen molar-refractivity contribution in [3.63, 3.8) is 0 Å². The van der Waals surface area contributed by atoms with Crippen LogP contribution in [0.15, 0.2) is 53.9 Å². The van der Waals surface area contributed by atoms with Gasteiger partial charge in [-0.2, -0.15) is 0 Å². The molecule has 9 heteroatoms. The fourth-order valence-corrected chi connectivity index (χ4v) is 5.62. The standard InChI is InChI=1S/C27H35N3O4S2/c1-3-4-5-6-7-8-19-36(32,33)30-23-14-9-21(10-15-23)11-18-26(31)29-27-28-25(20-35-27)22-12-16-24(34-2)17-13-22/h9-10,12-17,20,30H,3-8,11,18-19H2,1-2H3,(H,28,29,31). The summed E-state index contributed by atoms with van der Waals surface area (Å²) in [6, 6.07) is 14.8. The number of amides is 1. The van der Waals surface area contributed by atoms with Crippen LogP contribution in [0.2, 0.25) is 0 Å². The molecule has 2 N–H and O–H groups in total. The Bertz CT molecular complexity index is 1190. The molecule has 1 aromatic heterocycles. The van der Waals surface area contributed by atoms with Gasteiger partial charge in [-0.25, -0.2) is 13.4 Å². The Hall–Kier alpha value is -2.91. The van der Waals surface area contributed by atoms with Crippen LogP contribution in [0.25, 0.3) is 11.3 Å². The average molecular weight is 530 g/mol. The van der Waals surface area contributed by atoms with E-state index in [2.05, 4.69) is 21.9 Å². The van der Waals surface area contributed by atoms with Gasteiger partial charge in [0.05, 0.1) is 18.6 Å². The molecule has 0 aliphatic carbocycles. The molecule has 36 heavy (non-hydrogen) atoms. The van der Waals surface area contributed by atoms with Gasteiger partial charge in [0, 0.05) is 23.1 Å². The molecule has 7 nitrogen and oxygen atoms in total. The third-order valence-corrected chi connectivity index (χ3v) is 7.90. The fourth-order valence-electron chi connectivity index (χ4n) is 3.71. The van der Waals surface area contributed by atoms with Gasteiger partial charge in [0.15, 0.2) is 5.13 Å². The van der Waals surface area contributed by atoms with Crippen molar-refractivity contribution in [1.82, 2.24) is 4.98 Å². The Balaban J connectivity index is 1.41. The summed E-state index contributed by atoms with van der Waals surface area (Å²) in [5.41, 5.74) is 3.26. The zero-order valence-corrected chi connectivity index (χ0v) is 22.6. The maximum atomic E-state index is 12.4. The first-order chi connectivity index (χ1) is 17.4. The van der Waals surface area contributed by atoms with E-state index in [1.807, 2.05) is 41.8 Å². The lowest BCUT2D eigenvalue weighted by molar-refractivity contribution is -0.116. The van der Waals surface area contributed by atoms with Gasteiger partial charge in [-0.3, -0.25) is 9.52 Å². The van der Waals surface area contributed by atoms with Crippen LogP contribution < -0.4 is 14.8 Å². The highest BCUT2D eigenvalue weighted by atomic mass is 32.2. The number of unbranched alkanes of at least 4 members (excludes halogenated alkanes) is 5. The van der Waals surface area contributed by atoms with E-state index < -0.39 is 10.0 Å². The molecule has 0 saturated carbocycles. The Morgan fingerprint density at radius 3 is 2.36 bits per heavy atom. The number of aryl methyl sites for hydroxylation is 1. The number of hydrogen-bond acceptors (Lipinski definition) is 6. The molecule has 0 fully saturated rings. The molecular formula is C27H35N3O4S2. The molecular weight excluding hydrogens is 494 g/mol. The van der Waals surface area contributed by atoms with E-state index in [9.17, 15) is 13.2 Å². The van der Waals surface area contributed by atoms with Crippen molar-refractivity contribution in [1.29, 1.82) is 0 Å². The van der Waals surface area contributed by atoms with Crippen LogP contribution in [0.1, 0.15) is 57.4 Å². The molecule has 2 aromatic carbocycles. The highest BCUT2D eigenvalue weighted by Gasteiger charge is 2.11. The largest absolute Gasteiger partial charge is 0.497 e. The molecule has 0 aliphatic rings. The third kappa shape index (κ3) is 9.28. The summed E-state index contributed by atoms with van der Waals surface area (Å²) in [5, 5.41) is 5.32. The second kappa shape index (κ2) is 14.0. The molecule has 0 saturated heterocycles. The first kappa shape index (κ1) is 27.7. The minimum absolute atomic E-state index is 0.116. The predicted octanol–water partition coefficient (Wildman–Crippen LogP) is 6.49. The van der Waals surface area contributed by atoms with Crippen molar-refractivity contribution in [3.8, 4) is 17.0 Å². The van der Waals surface area contributed by atoms with E-state index >= 15 is 0 Å². The van der Waals surface area contributed by atoms with E-state index in [-0.39, 0.29) is 11.7 Å². The highest BCUT2D eigenvalue weighted by molar-refractivity contribution is 7.92. The van der Waals surface area contributed by atoms with Crippen LogP contribution in [0.3, 0.4) is 0 Å².